The maximum atomic E-state index is 6.30. The summed E-state index contributed by atoms with van der Waals surface area (Å²) in [4.78, 5) is 0. The number of hydrogen-bond donors (Lipinski definition) is 1. The zero-order valence-corrected chi connectivity index (χ0v) is 14.9. The third-order valence-corrected chi connectivity index (χ3v) is 4.74. The molecule has 20 heavy (non-hydrogen) atoms. The molecule has 0 amide bonds. The number of halogens is 4. The Labute approximate surface area is 146 Å². The van der Waals surface area contributed by atoms with Crippen molar-refractivity contribution in [1.29, 1.82) is 0 Å². The summed E-state index contributed by atoms with van der Waals surface area (Å²) in [5, 5.41) is 1.61. The third-order valence-electron chi connectivity index (χ3n) is 2.90. The van der Waals surface area contributed by atoms with Crippen molar-refractivity contribution in [3.63, 3.8) is 0 Å². The molecular weight excluding hydrogens is 431 g/mol. The molecule has 0 bridgehead atoms. The van der Waals surface area contributed by atoms with E-state index in [-0.39, 0.29) is 0 Å². The smallest absolute Gasteiger partial charge is 0.138 e. The van der Waals surface area contributed by atoms with E-state index in [1.54, 1.807) is 12.1 Å². The topological polar surface area (TPSA) is 35.2 Å². The molecule has 0 saturated heterocycles. The van der Waals surface area contributed by atoms with Crippen LogP contribution in [0.5, 0.6) is 5.75 Å². The monoisotopic (exact) mass is 441 g/mol. The summed E-state index contributed by atoms with van der Waals surface area (Å²) in [6.45, 7) is 0. The Hall–Kier alpha value is -0.200. The zero-order chi connectivity index (χ0) is 14.9. The number of rotatable bonds is 3. The SMILES string of the molecule is COc1cc(Cl)c(C(N)c2cc(Cl)ccc2I)cc1Cl. The van der Waals surface area contributed by atoms with Crippen LogP contribution in [0.3, 0.4) is 0 Å². The fraction of sp³-hybridized carbons (Fsp3) is 0.143. The molecule has 2 aromatic rings. The van der Waals surface area contributed by atoms with Gasteiger partial charge < -0.3 is 10.5 Å². The van der Waals surface area contributed by atoms with Gasteiger partial charge in [0.15, 0.2) is 0 Å². The van der Waals surface area contributed by atoms with Gasteiger partial charge in [-0.05, 0) is 58.0 Å². The molecule has 0 spiro atoms. The van der Waals surface area contributed by atoms with Gasteiger partial charge in [0.05, 0.1) is 18.2 Å². The van der Waals surface area contributed by atoms with Crippen molar-refractivity contribution in [3.8, 4) is 5.75 Å². The molecule has 1 atom stereocenters. The average Bonchev–Trinajstić information content (AvgIpc) is 2.42. The number of benzene rings is 2. The van der Waals surface area contributed by atoms with Crippen LogP contribution in [0.25, 0.3) is 0 Å². The van der Waals surface area contributed by atoms with Crippen molar-refractivity contribution in [1.82, 2.24) is 0 Å². The highest BCUT2D eigenvalue weighted by molar-refractivity contribution is 14.1. The number of methoxy groups -OCH3 is 1. The average molecular weight is 443 g/mol. The molecule has 0 saturated carbocycles. The maximum Gasteiger partial charge on any atom is 0.138 e. The van der Waals surface area contributed by atoms with E-state index in [1.165, 1.54) is 7.11 Å². The van der Waals surface area contributed by atoms with Crippen LogP contribution in [-0.2, 0) is 0 Å². The minimum absolute atomic E-state index is 0.406. The quantitative estimate of drug-likeness (QED) is 0.654. The van der Waals surface area contributed by atoms with E-state index in [4.69, 9.17) is 45.3 Å². The van der Waals surface area contributed by atoms with E-state index in [1.807, 2.05) is 18.2 Å². The molecular formula is C14H11Cl3INO. The second kappa shape index (κ2) is 6.71. The Morgan fingerprint density at radius 1 is 1.05 bits per heavy atom. The minimum Gasteiger partial charge on any atom is -0.495 e. The van der Waals surface area contributed by atoms with Crippen molar-refractivity contribution in [3.05, 3.63) is 60.1 Å². The minimum atomic E-state index is -0.406. The van der Waals surface area contributed by atoms with Crippen LogP contribution in [0, 0.1) is 3.57 Å². The van der Waals surface area contributed by atoms with Gasteiger partial charge in [0.25, 0.3) is 0 Å². The number of ether oxygens (including phenoxy) is 1. The van der Waals surface area contributed by atoms with Gasteiger partial charge in [-0.25, -0.2) is 0 Å². The molecule has 0 fully saturated rings. The highest BCUT2D eigenvalue weighted by Gasteiger charge is 2.18. The Morgan fingerprint density at radius 3 is 2.40 bits per heavy atom. The predicted octanol–water partition coefficient (Wildman–Crippen LogP) is 5.31. The Bertz CT molecular complexity index is 649. The second-order valence-electron chi connectivity index (χ2n) is 4.15. The van der Waals surface area contributed by atoms with Crippen LogP contribution in [0.4, 0.5) is 0 Å². The number of nitrogens with two attached hydrogens (primary N) is 1. The summed E-state index contributed by atoms with van der Waals surface area (Å²) >= 11 is 20.6. The molecule has 0 aliphatic heterocycles. The third kappa shape index (κ3) is 3.34. The highest BCUT2D eigenvalue weighted by Crippen LogP contribution is 2.36. The van der Waals surface area contributed by atoms with E-state index < -0.39 is 6.04 Å². The van der Waals surface area contributed by atoms with Gasteiger partial charge in [0, 0.05) is 19.7 Å². The van der Waals surface area contributed by atoms with Gasteiger partial charge in [-0.3, -0.25) is 0 Å². The molecule has 0 aliphatic rings. The van der Waals surface area contributed by atoms with Crippen LogP contribution >= 0.6 is 57.4 Å². The molecule has 2 rings (SSSR count). The number of hydrogen-bond acceptors (Lipinski definition) is 2. The fourth-order valence-corrected chi connectivity index (χ4v) is 3.23. The van der Waals surface area contributed by atoms with Crippen LogP contribution in [0.1, 0.15) is 17.2 Å². The lowest BCUT2D eigenvalue weighted by molar-refractivity contribution is 0.415. The molecule has 1 unspecified atom stereocenters. The summed E-state index contributed by atoms with van der Waals surface area (Å²) in [5.41, 5.74) is 7.94. The molecule has 0 heterocycles. The molecule has 2 nitrogen and oxygen atoms in total. The molecule has 2 N–H and O–H groups in total. The first kappa shape index (κ1) is 16.2. The summed E-state index contributed by atoms with van der Waals surface area (Å²) < 4.78 is 6.15. The standard InChI is InChI=1S/C14H11Cl3INO/c1-20-13-6-10(16)8(5-11(13)17)14(19)9-4-7(15)2-3-12(9)18/h2-6,14H,19H2,1H3. The molecule has 2 aromatic carbocycles. The van der Waals surface area contributed by atoms with Gasteiger partial charge in [0.1, 0.15) is 5.75 Å². The normalized spacial score (nSPS) is 12.3. The Morgan fingerprint density at radius 2 is 1.75 bits per heavy atom. The Balaban J connectivity index is 2.50. The van der Waals surface area contributed by atoms with Crippen LogP contribution in [-0.4, -0.2) is 7.11 Å². The van der Waals surface area contributed by atoms with Gasteiger partial charge in [-0.15, -0.1) is 0 Å². The lowest BCUT2D eigenvalue weighted by atomic mass is 9.99. The van der Waals surface area contributed by atoms with Crippen molar-refractivity contribution >= 4 is 57.4 Å². The predicted molar refractivity (Wildman–Crippen MR) is 93.2 cm³/mol. The molecule has 106 valence electrons. The van der Waals surface area contributed by atoms with E-state index in [0.717, 1.165) is 14.7 Å². The summed E-state index contributed by atoms with van der Waals surface area (Å²) in [6, 6.07) is 8.55. The molecule has 6 heteroatoms. The fourth-order valence-electron chi connectivity index (χ4n) is 1.86. The van der Waals surface area contributed by atoms with Crippen LogP contribution in [0.2, 0.25) is 15.1 Å². The van der Waals surface area contributed by atoms with E-state index in [9.17, 15) is 0 Å². The lowest BCUT2D eigenvalue weighted by Crippen LogP contribution is -2.14. The first-order valence-electron chi connectivity index (χ1n) is 5.67. The highest BCUT2D eigenvalue weighted by atomic mass is 127. The maximum absolute atomic E-state index is 6.30. The van der Waals surface area contributed by atoms with Crippen molar-refractivity contribution in [2.45, 2.75) is 6.04 Å². The summed E-state index contributed by atoms with van der Waals surface area (Å²) in [7, 11) is 1.54. The Kier molecular flexibility index (Phi) is 5.42. The van der Waals surface area contributed by atoms with Gasteiger partial charge in [-0.2, -0.15) is 0 Å². The second-order valence-corrected chi connectivity index (χ2v) is 6.56. The zero-order valence-electron chi connectivity index (χ0n) is 10.5. The van der Waals surface area contributed by atoms with E-state index in [0.29, 0.717) is 20.8 Å². The first-order valence-corrected chi connectivity index (χ1v) is 7.88. The largest absolute Gasteiger partial charge is 0.495 e. The summed E-state index contributed by atoms with van der Waals surface area (Å²) in [5.74, 6) is 0.522. The van der Waals surface area contributed by atoms with Crippen molar-refractivity contribution in [2.75, 3.05) is 7.11 Å². The van der Waals surface area contributed by atoms with Gasteiger partial charge >= 0.3 is 0 Å². The van der Waals surface area contributed by atoms with Crippen LogP contribution in [0.15, 0.2) is 30.3 Å². The van der Waals surface area contributed by atoms with Gasteiger partial charge in [0.2, 0.25) is 0 Å². The van der Waals surface area contributed by atoms with Crippen molar-refractivity contribution in [2.24, 2.45) is 5.73 Å². The molecule has 0 radical (unpaired) electrons. The van der Waals surface area contributed by atoms with Crippen LogP contribution < -0.4 is 10.5 Å². The lowest BCUT2D eigenvalue weighted by Gasteiger charge is -2.17. The van der Waals surface area contributed by atoms with Crippen molar-refractivity contribution < 1.29 is 4.74 Å². The molecule has 0 aliphatic carbocycles. The van der Waals surface area contributed by atoms with Gasteiger partial charge in [-0.1, -0.05) is 34.8 Å². The van der Waals surface area contributed by atoms with E-state index >= 15 is 0 Å². The van der Waals surface area contributed by atoms with E-state index in [2.05, 4.69) is 22.6 Å². The first-order chi connectivity index (χ1) is 9.43. The molecule has 0 aromatic heterocycles. The summed E-state index contributed by atoms with van der Waals surface area (Å²) in [6.07, 6.45) is 0.